The van der Waals surface area contributed by atoms with E-state index < -0.39 is 12.8 Å². The first kappa shape index (κ1) is 39.5. The maximum Gasteiger partial charge on any atom is 0.422 e. The van der Waals surface area contributed by atoms with Crippen LogP contribution in [0.5, 0.6) is 0 Å². The van der Waals surface area contributed by atoms with Crippen LogP contribution in [-0.4, -0.2) is 49.7 Å². The van der Waals surface area contributed by atoms with Crippen LogP contribution in [0.4, 0.5) is 13.2 Å². The number of halogens is 3. The number of amidine groups is 1. The lowest BCUT2D eigenvalue weighted by atomic mass is 9.75. The molecular weight excluding hydrogens is 587 g/mol. The van der Waals surface area contributed by atoms with Gasteiger partial charge in [-0.3, -0.25) is 4.99 Å². The van der Waals surface area contributed by atoms with Crippen LogP contribution in [-0.2, 0) is 4.74 Å². The summed E-state index contributed by atoms with van der Waals surface area (Å²) >= 11 is 0. The quantitative estimate of drug-likeness (QED) is 0.0937. The molecule has 6 nitrogen and oxygen atoms in total. The molecule has 1 saturated carbocycles. The molecule has 260 valence electrons. The van der Waals surface area contributed by atoms with E-state index in [0.717, 1.165) is 61.2 Å². The summed E-state index contributed by atoms with van der Waals surface area (Å²) in [5.74, 6) is 2.65. The maximum absolute atomic E-state index is 12.9. The first-order valence-electron chi connectivity index (χ1n) is 17.2. The summed E-state index contributed by atoms with van der Waals surface area (Å²) in [5, 5.41) is 12.0. The Morgan fingerprint density at radius 3 is 2.35 bits per heavy atom. The molecule has 2 rings (SSSR count). The van der Waals surface area contributed by atoms with Gasteiger partial charge in [-0.2, -0.15) is 23.4 Å². The summed E-state index contributed by atoms with van der Waals surface area (Å²) in [5.41, 5.74) is 11.7. The highest BCUT2D eigenvalue weighted by molar-refractivity contribution is 5.84. The molecule has 1 fully saturated rings. The zero-order valence-corrected chi connectivity index (χ0v) is 29.6. The third-order valence-corrected chi connectivity index (χ3v) is 9.76. The fourth-order valence-corrected chi connectivity index (χ4v) is 6.21. The standard InChI is InChI=1S/C37H60F3N5O/c1-10-30(11-2)34(17-15-25(5)29(9)27(7)22-43-45-24(3)4)44-36(20-41)42-21-28(8)33-19-26(6)35(46-23-37(38,39)40)18-16-32(33)31-13-12-14-31/h16,18,22,25-26,29-31,34H,7,10-15,17,19-21,23,41H2,1-6,8-9H3,(H,42,44)/b33-28+,43-22-/t25?,26?,29?,34-/m0/s1. The number of nitrogens with two attached hydrogens (primary N) is 1. The molecule has 3 N–H and O–H groups in total. The zero-order valence-electron chi connectivity index (χ0n) is 29.6. The maximum atomic E-state index is 12.9. The van der Waals surface area contributed by atoms with Crippen LogP contribution in [0, 0.1) is 29.6 Å². The van der Waals surface area contributed by atoms with Gasteiger partial charge in [0.05, 0.1) is 25.1 Å². The minimum absolute atomic E-state index is 0.160. The third kappa shape index (κ3) is 12.8. The predicted octanol–water partition coefficient (Wildman–Crippen LogP) is 9.36. The fraction of sp³-hybridized carbons (Fsp3) is 0.703. The van der Waals surface area contributed by atoms with Crippen molar-refractivity contribution in [2.24, 2.45) is 50.5 Å². The molecule has 2 aliphatic rings. The predicted molar refractivity (Wildman–Crippen MR) is 188 cm³/mol. The van der Waals surface area contributed by atoms with Gasteiger partial charge in [-0.1, -0.05) is 66.5 Å². The molecule has 0 spiro atoms. The molecule has 2 aliphatic carbocycles. The van der Waals surface area contributed by atoms with Crippen molar-refractivity contribution in [3.05, 3.63) is 46.8 Å². The number of hydrogen-bond acceptors (Lipinski definition) is 5. The van der Waals surface area contributed by atoms with Crippen molar-refractivity contribution in [1.82, 2.24) is 5.32 Å². The summed E-state index contributed by atoms with van der Waals surface area (Å²) in [6, 6.07) is 0.245. The van der Waals surface area contributed by atoms with Crippen LogP contribution in [0.3, 0.4) is 0 Å². The van der Waals surface area contributed by atoms with Gasteiger partial charge in [0.1, 0.15) is 5.84 Å². The van der Waals surface area contributed by atoms with Crippen molar-refractivity contribution >= 4 is 17.8 Å². The van der Waals surface area contributed by atoms with E-state index in [0.29, 0.717) is 43.0 Å². The number of rotatable bonds is 17. The summed E-state index contributed by atoms with van der Waals surface area (Å²) in [6.45, 7) is 20.6. The van der Waals surface area contributed by atoms with E-state index in [2.05, 4.69) is 56.7 Å². The number of allylic oxidation sites excluding steroid dienone is 6. The van der Waals surface area contributed by atoms with Gasteiger partial charge < -0.3 is 15.8 Å². The number of hydrogen-bond donors (Lipinski definition) is 2. The molecule has 0 radical (unpaired) electrons. The minimum Gasteiger partial charge on any atom is -0.488 e. The van der Waals surface area contributed by atoms with Crippen molar-refractivity contribution in [1.29, 1.82) is 0 Å². The lowest BCUT2D eigenvalue weighted by Crippen LogP contribution is -2.43. The van der Waals surface area contributed by atoms with Crippen molar-refractivity contribution < 1.29 is 17.9 Å². The Morgan fingerprint density at radius 1 is 1.13 bits per heavy atom. The normalized spacial score (nSPS) is 21.2. The molecule has 0 aliphatic heterocycles. The van der Waals surface area contributed by atoms with E-state index in [1.165, 1.54) is 17.6 Å². The van der Waals surface area contributed by atoms with Crippen LogP contribution in [0.25, 0.3) is 0 Å². The van der Waals surface area contributed by atoms with E-state index in [1.807, 2.05) is 26.8 Å². The van der Waals surface area contributed by atoms with E-state index in [-0.39, 0.29) is 17.9 Å². The Bertz CT molecular complexity index is 1170. The molecule has 0 saturated heterocycles. The topological polar surface area (TPSA) is 84.4 Å². The van der Waals surface area contributed by atoms with Gasteiger partial charge in [0.15, 0.2) is 6.61 Å². The molecule has 0 heterocycles. The van der Waals surface area contributed by atoms with Gasteiger partial charge in [-0.25, -0.2) is 0 Å². The Kier molecular flexibility index (Phi) is 16.5. The van der Waals surface area contributed by atoms with E-state index in [4.69, 9.17) is 15.5 Å². The number of aliphatic imine (C=N–C) groups is 1. The molecule has 0 aromatic carbocycles. The average Bonchev–Trinajstić information content (AvgIpc) is 3.13. The van der Waals surface area contributed by atoms with Crippen molar-refractivity contribution in [3.63, 3.8) is 0 Å². The van der Waals surface area contributed by atoms with E-state index >= 15 is 0 Å². The lowest BCUT2D eigenvalue weighted by molar-refractivity contribution is -0.166. The molecule has 0 amide bonds. The summed E-state index contributed by atoms with van der Waals surface area (Å²) < 4.78 is 44.0. The lowest BCUT2D eigenvalue weighted by Gasteiger charge is -2.31. The van der Waals surface area contributed by atoms with Crippen LogP contribution >= 0.6 is 0 Å². The second-order valence-electron chi connectivity index (χ2n) is 13.6. The van der Waals surface area contributed by atoms with Gasteiger partial charge in [-0.15, -0.1) is 0 Å². The summed E-state index contributed by atoms with van der Waals surface area (Å²) in [6.07, 6.45) is 9.30. The molecule has 9 heteroatoms. The smallest absolute Gasteiger partial charge is 0.422 e. The Labute approximate surface area is 276 Å². The highest BCUT2D eigenvalue weighted by atomic mass is 19.4. The highest BCUT2D eigenvalue weighted by Crippen LogP contribution is 2.42. The number of nitrogens with one attached hydrogen (secondary N) is 1. The molecular formula is C37H60F3N5O. The minimum atomic E-state index is -4.36. The van der Waals surface area contributed by atoms with Crippen LogP contribution in [0.2, 0.25) is 0 Å². The van der Waals surface area contributed by atoms with Crippen LogP contribution < -0.4 is 11.1 Å². The van der Waals surface area contributed by atoms with Crippen molar-refractivity contribution in [2.75, 3.05) is 19.7 Å². The monoisotopic (exact) mass is 647 g/mol. The van der Waals surface area contributed by atoms with E-state index in [1.54, 1.807) is 12.3 Å². The first-order valence-corrected chi connectivity index (χ1v) is 17.2. The second kappa shape index (κ2) is 19.2. The molecule has 0 aromatic rings. The van der Waals surface area contributed by atoms with Gasteiger partial charge in [-0.05, 0) is 105 Å². The number of ether oxygens (including phenoxy) is 1. The SMILES string of the molecule is C=C(/C=N\N=C(C)C)C(C)C(C)CC[C@H](NC(CN)=NC/C(C)=C1\CC(C)C(OCC(F)(F)F)=CC=C1C1CCC1)C(CC)CC. The molecule has 46 heavy (non-hydrogen) atoms. The molecule has 3 unspecified atom stereocenters. The first-order chi connectivity index (χ1) is 21.7. The molecule has 4 atom stereocenters. The van der Waals surface area contributed by atoms with Crippen molar-refractivity contribution in [2.45, 2.75) is 119 Å². The number of nitrogens with zero attached hydrogens (tertiary/aromatic N) is 3. The zero-order chi connectivity index (χ0) is 34.4. The average molecular weight is 648 g/mol. The van der Waals surface area contributed by atoms with Crippen LogP contribution in [0.15, 0.2) is 62.0 Å². The van der Waals surface area contributed by atoms with Crippen molar-refractivity contribution in [3.8, 4) is 0 Å². The number of alkyl halides is 3. The summed E-state index contributed by atoms with van der Waals surface area (Å²) in [7, 11) is 0. The Morgan fingerprint density at radius 2 is 1.80 bits per heavy atom. The van der Waals surface area contributed by atoms with E-state index in [9.17, 15) is 13.2 Å². The van der Waals surface area contributed by atoms with Crippen LogP contribution in [0.1, 0.15) is 107 Å². The largest absolute Gasteiger partial charge is 0.488 e. The second-order valence-corrected chi connectivity index (χ2v) is 13.6. The highest BCUT2D eigenvalue weighted by Gasteiger charge is 2.32. The Hall–Kier alpha value is -2.68. The molecule has 0 bridgehead atoms. The van der Waals surface area contributed by atoms with Gasteiger partial charge in [0, 0.05) is 17.7 Å². The molecule has 0 aromatic heterocycles. The Balaban J connectivity index is 2.19. The van der Waals surface area contributed by atoms with Gasteiger partial charge >= 0.3 is 6.18 Å². The summed E-state index contributed by atoms with van der Waals surface area (Å²) in [4.78, 5) is 4.98. The third-order valence-electron chi connectivity index (χ3n) is 9.76. The van der Waals surface area contributed by atoms with Gasteiger partial charge in [0.25, 0.3) is 0 Å². The fourth-order valence-electron chi connectivity index (χ4n) is 6.21. The van der Waals surface area contributed by atoms with Gasteiger partial charge in [0.2, 0.25) is 0 Å².